The summed E-state index contributed by atoms with van der Waals surface area (Å²) < 4.78 is 5.70. The molecule has 2 rings (SSSR count). The Morgan fingerprint density at radius 2 is 2.00 bits per heavy atom. The minimum atomic E-state index is 0.0803. The fraction of sp³-hybridized carbons (Fsp3) is 0.688. The summed E-state index contributed by atoms with van der Waals surface area (Å²) in [7, 11) is 0. The van der Waals surface area contributed by atoms with Crippen LogP contribution in [-0.4, -0.2) is 23.7 Å². The van der Waals surface area contributed by atoms with Gasteiger partial charge in [-0.1, -0.05) is 13.8 Å². The van der Waals surface area contributed by atoms with E-state index >= 15 is 0 Å². The van der Waals surface area contributed by atoms with Crippen molar-refractivity contribution in [2.75, 3.05) is 17.2 Å². The molecule has 0 bridgehead atoms. The maximum Gasteiger partial charge on any atom is 0.239 e. The highest BCUT2D eigenvalue weighted by molar-refractivity contribution is 5.55. The standard InChI is InChI=1S/C16H27N3O/c1-10(2)20-16-14(17)6-7-15(18-16)19-9-11(3)8-12(4)13(19)5/h6-7,10-13H,8-9,17H2,1-5H3. The van der Waals surface area contributed by atoms with Crippen LogP contribution >= 0.6 is 0 Å². The molecule has 3 unspecified atom stereocenters. The highest BCUT2D eigenvalue weighted by Crippen LogP contribution is 2.32. The van der Waals surface area contributed by atoms with Crippen molar-refractivity contribution in [1.29, 1.82) is 0 Å². The minimum absolute atomic E-state index is 0.0803. The van der Waals surface area contributed by atoms with Gasteiger partial charge in [-0.2, -0.15) is 4.98 Å². The minimum Gasteiger partial charge on any atom is -0.473 e. The number of anilines is 2. The molecule has 4 nitrogen and oxygen atoms in total. The zero-order chi connectivity index (χ0) is 14.9. The van der Waals surface area contributed by atoms with Crippen LogP contribution in [0.15, 0.2) is 12.1 Å². The summed E-state index contributed by atoms with van der Waals surface area (Å²) in [5.74, 6) is 2.89. The van der Waals surface area contributed by atoms with Gasteiger partial charge in [-0.05, 0) is 51.2 Å². The molecular weight excluding hydrogens is 250 g/mol. The molecule has 1 fully saturated rings. The van der Waals surface area contributed by atoms with Crippen LogP contribution in [0, 0.1) is 11.8 Å². The van der Waals surface area contributed by atoms with Gasteiger partial charge >= 0.3 is 0 Å². The Labute approximate surface area is 122 Å². The van der Waals surface area contributed by atoms with E-state index in [2.05, 4.69) is 30.7 Å². The summed E-state index contributed by atoms with van der Waals surface area (Å²) in [4.78, 5) is 7.01. The Morgan fingerprint density at radius 1 is 1.30 bits per heavy atom. The average Bonchev–Trinajstić information content (AvgIpc) is 2.36. The van der Waals surface area contributed by atoms with Gasteiger partial charge in [-0.15, -0.1) is 0 Å². The van der Waals surface area contributed by atoms with Crippen molar-refractivity contribution in [3.63, 3.8) is 0 Å². The second kappa shape index (κ2) is 5.90. The van der Waals surface area contributed by atoms with Crippen LogP contribution in [0.2, 0.25) is 0 Å². The Kier molecular flexibility index (Phi) is 4.41. The van der Waals surface area contributed by atoms with Crippen LogP contribution in [-0.2, 0) is 0 Å². The van der Waals surface area contributed by atoms with Gasteiger partial charge in [0.05, 0.1) is 11.8 Å². The molecule has 4 heteroatoms. The van der Waals surface area contributed by atoms with Gasteiger partial charge in [0.1, 0.15) is 5.82 Å². The zero-order valence-electron chi connectivity index (χ0n) is 13.3. The molecule has 0 spiro atoms. The predicted octanol–water partition coefficient (Wildman–Crippen LogP) is 3.32. The molecule has 1 aromatic rings. The summed E-state index contributed by atoms with van der Waals surface area (Å²) >= 11 is 0. The predicted molar refractivity (Wildman–Crippen MR) is 84.2 cm³/mol. The summed E-state index contributed by atoms with van der Waals surface area (Å²) in [5, 5.41) is 0. The lowest BCUT2D eigenvalue weighted by atomic mass is 9.86. The molecule has 1 aliphatic heterocycles. The Morgan fingerprint density at radius 3 is 2.65 bits per heavy atom. The van der Waals surface area contributed by atoms with Gasteiger partial charge in [0, 0.05) is 12.6 Å². The first-order chi connectivity index (χ1) is 9.38. The molecule has 2 N–H and O–H groups in total. The summed E-state index contributed by atoms with van der Waals surface area (Å²) in [6.07, 6.45) is 1.36. The largest absolute Gasteiger partial charge is 0.473 e. The topological polar surface area (TPSA) is 51.4 Å². The van der Waals surface area contributed by atoms with Crippen molar-refractivity contribution in [3.05, 3.63) is 12.1 Å². The normalized spacial score (nSPS) is 26.9. The van der Waals surface area contributed by atoms with Crippen LogP contribution in [0.5, 0.6) is 5.88 Å². The van der Waals surface area contributed by atoms with Gasteiger partial charge in [-0.3, -0.25) is 0 Å². The van der Waals surface area contributed by atoms with Crippen molar-refractivity contribution < 1.29 is 4.74 Å². The van der Waals surface area contributed by atoms with Gasteiger partial charge < -0.3 is 15.4 Å². The number of nitrogens with two attached hydrogens (primary N) is 1. The third kappa shape index (κ3) is 3.17. The number of nitrogen functional groups attached to an aromatic ring is 1. The van der Waals surface area contributed by atoms with Gasteiger partial charge in [0.2, 0.25) is 5.88 Å². The van der Waals surface area contributed by atoms with Crippen LogP contribution in [0.25, 0.3) is 0 Å². The monoisotopic (exact) mass is 277 g/mol. The van der Waals surface area contributed by atoms with E-state index < -0.39 is 0 Å². The number of hydrogen-bond donors (Lipinski definition) is 1. The van der Waals surface area contributed by atoms with E-state index in [1.807, 2.05) is 26.0 Å². The van der Waals surface area contributed by atoms with Crippen molar-refractivity contribution in [2.45, 2.75) is 53.2 Å². The summed E-state index contributed by atoms with van der Waals surface area (Å²) in [6, 6.07) is 4.40. The molecule has 1 aliphatic rings. The second-order valence-electron chi connectivity index (χ2n) is 6.44. The van der Waals surface area contributed by atoms with Gasteiger partial charge in [0.25, 0.3) is 0 Å². The molecule has 2 heterocycles. The van der Waals surface area contributed by atoms with Crippen molar-refractivity contribution in [3.8, 4) is 5.88 Å². The van der Waals surface area contributed by atoms with Crippen LogP contribution in [0.1, 0.15) is 41.0 Å². The third-order valence-electron chi connectivity index (χ3n) is 4.11. The van der Waals surface area contributed by atoms with Gasteiger partial charge in [-0.25, -0.2) is 0 Å². The fourth-order valence-electron chi connectivity index (χ4n) is 2.94. The molecule has 0 aliphatic carbocycles. The van der Waals surface area contributed by atoms with Gasteiger partial charge in [0.15, 0.2) is 0 Å². The fourth-order valence-corrected chi connectivity index (χ4v) is 2.94. The molecule has 0 aromatic carbocycles. The molecule has 0 saturated carbocycles. The SMILES string of the molecule is CC1CC(C)C(C)N(c2ccc(N)c(OC(C)C)n2)C1. The number of ether oxygens (including phenoxy) is 1. The van der Waals surface area contributed by atoms with Crippen LogP contribution in [0.4, 0.5) is 11.5 Å². The first kappa shape index (κ1) is 14.9. The number of pyridine rings is 1. The average molecular weight is 277 g/mol. The number of nitrogens with zero attached hydrogens (tertiary/aromatic N) is 2. The lowest BCUT2D eigenvalue weighted by molar-refractivity contribution is 0.233. The first-order valence-corrected chi connectivity index (χ1v) is 7.58. The van der Waals surface area contributed by atoms with E-state index in [9.17, 15) is 0 Å². The molecule has 0 amide bonds. The van der Waals surface area contributed by atoms with E-state index in [0.717, 1.165) is 12.4 Å². The van der Waals surface area contributed by atoms with E-state index in [1.165, 1.54) is 6.42 Å². The number of piperidine rings is 1. The summed E-state index contributed by atoms with van der Waals surface area (Å²) in [5.41, 5.74) is 6.56. The molecule has 3 atom stereocenters. The maximum atomic E-state index is 5.95. The molecule has 20 heavy (non-hydrogen) atoms. The van der Waals surface area contributed by atoms with Crippen LogP contribution in [0.3, 0.4) is 0 Å². The lowest BCUT2D eigenvalue weighted by Gasteiger charge is -2.42. The highest BCUT2D eigenvalue weighted by atomic mass is 16.5. The number of hydrogen-bond acceptors (Lipinski definition) is 4. The molecule has 1 saturated heterocycles. The third-order valence-corrected chi connectivity index (χ3v) is 4.11. The quantitative estimate of drug-likeness (QED) is 0.921. The lowest BCUT2D eigenvalue weighted by Crippen LogP contribution is -2.46. The highest BCUT2D eigenvalue weighted by Gasteiger charge is 2.29. The van der Waals surface area contributed by atoms with Crippen molar-refractivity contribution in [2.24, 2.45) is 11.8 Å². The van der Waals surface area contributed by atoms with Crippen LogP contribution < -0.4 is 15.4 Å². The van der Waals surface area contributed by atoms with E-state index in [0.29, 0.717) is 29.4 Å². The Bertz CT molecular complexity index is 461. The molecule has 1 aromatic heterocycles. The Balaban J connectivity index is 2.27. The second-order valence-corrected chi connectivity index (χ2v) is 6.44. The zero-order valence-corrected chi connectivity index (χ0v) is 13.3. The maximum absolute atomic E-state index is 5.95. The molecular formula is C16H27N3O. The van der Waals surface area contributed by atoms with E-state index in [1.54, 1.807) is 0 Å². The molecule has 0 radical (unpaired) electrons. The number of rotatable bonds is 3. The van der Waals surface area contributed by atoms with Crippen molar-refractivity contribution in [1.82, 2.24) is 4.98 Å². The number of aromatic nitrogens is 1. The van der Waals surface area contributed by atoms with E-state index in [4.69, 9.17) is 10.5 Å². The van der Waals surface area contributed by atoms with E-state index in [-0.39, 0.29) is 6.10 Å². The summed E-state index contributed by atoms with van der Waals surface area (Å²) in [6.45, 7) is 11.9. The Hall–Kier alpha value is -1.45. The molecule has 112 valence electrons. The smallest absolute Gasteiger partial charge is 0.239 e. The van der Waals surface area contributed by atoms with Crippen molar-refractivity contribution >= 4 is 11.5 Å². The first-order valence-electron chi connectivity index (χ1n) is 7.58.